The fourth-order valence-corrected chi connectivity index (χ4v) is 1.65. The molecule has 0 amide bonds. The predicted molar refractivity (Wildman–Crippen MR) is 57.3 cm³/mol. The van der Waals surface area contributed by atoms with Crippen molar-refractivity contribution in [3.05, 3.63) is 36.0 Å². The topological polar surface area (TPSA) is 48.4 Å². The third-order valence-electron chi connectivity index (χ3n) is 2.48. The van der Waals surface area contributed by atoms with Crippen LogP contribution in [0.1, 0.15) is 5.56 Å². The molecule has 1 aromatic heterocycles. The molecule has 0 atom stereocenters. The number of benzene rings is 1. The Bertz CT molecular complexity index is 557. The van der Waals surface area contributed by atoms with Crippen molar-refractivity contribution < 1.29 is 18.4 Å². The van der Waals surface area contributed by atoms with Gasteiger partial charge < -0.3 is 10.2 Å². The zero-order chi connectivity index (χ0) is 12.5. The third-order valence-corrected chi connectivity index (χ3v) is 2.48. The van der Waals surface area contributed by atoms with E-state index in [-0.39, 0.29) is 0 Å². The van der Waals surface area contributed by atoms with E-state index in [9.17, 15) is 13.2 Å². The minimum atomic E-state index is -4.62. The van der Waals surface area contributed by atoms with Gasteiger partial charge in [0.05, 0.1) is 0 Å². The summed E-state index contributed by atoms with van der Waals surface area (Å²) in [5.41, 5.74) is -0.00468. The van der Waals surface area contributed by atoms with E-state index < -0.39 is 18.3 Å². The van der Waals surface area contributed by atoms with Crippen LogP contribution < -0.4 is 0 Å². The Morgan fingerprint density at radius 1 is 1.29 bits per heavy atom. The first-order valence-electron chi connectivity index (χ1n) is 4.85. The molecule has 1 aromatic carbocycles. The lowest BCUT2D eigenvalue weighted by atomic mass is 10.1. The number of para-hydroxylation sites is 1. The summed E-state index contributed by atoms with van der Waals surface area (Å²) in [4.78, 5) is 2.87. The van der Waals surface area contributed by atoms with Gasteiger partial charge in [0, 0.05) is 23.5 Å². The first kappa shape index (κ1) is 11.5. The highest BCUT2D eigenvalue weighted by molar-refractivity contribution is 5.95. The van der Waals surface area contributed by atoms with Crippen LogP contribution in [-0.4, -0.2) is 22.1 Å². The van der Waals surface area contributed by atoms with Gasteiger partial charge in [0.2, 0.25) is 0 Å². The van der Waals surface area contributed by atoms with Crippen molar-refractivity contribution in [3.8, 4) is 0 Å². The molecule has 0 radical (unpaired) electrons. The Labute approximate surface area is 94.6 Å². The normalized spacial score (nSPS) is 13.2. The smallest absolute Gasteiger partial charge is 0.411 e. The van der Waals surface area contributed by atoms with Crippen molar-refractivity contribution in [2.24, 2.45) is 5.16 Å². The summed E-state index contributed by atoms with van der Waals surface area (Å²) in [6, 6.07) is 7.01. The molecule has 0 spiro atoms. The molecule has 2 aromatic rings. The molecule has 0 aliphatic rings. The van der Waals surface area contributed by atoms with E-state index in [1.807, 2.05) is 0 Å². The largest absolute Gasteiger partial charge is 0.433 e. The zero-order valence-corrected chi connectivity index (χ0v) is 8.62. The van der Waals surface area contributed by atoms with Crippen molar-refractivity contribution in [2.75, 3.05) is 0 Å². The maximum Gasteiger partial charge on any atom is 0.433 e. The van der Waals surface area contributed by atoms with Gasteiger partial charge in [-0.1, -0.05) is 23.4 Å². The molecule has 0 saturated carbocycles. The second-order valence-corrected chi connectivity index (χ2v) is 3.58. The van der Waals surface area contributed by atoms with E-state index in [0.29, 0.717) is 10.9 Å². The van der Waals surface area contributed by atoms with Crippen LogP contribution in [0.5, 0.6) is 0 Å². The van der Waals surface area contributed by atoms with E-state index in [1.54, 1.807) is 24.3 Å². The lowest BCUT2D eigenvalue weighted by Gasteiger charge is -2.07. The summed E-state index contributed by atoms with van der Waals surface area (Å²) in [6.07, 6.45) is -3.58. The maximum atomic E-state index is 12.4. The van der Waals surface area contributed by atoms with Crippen LogP contribution >= 0.6 is 0 Å². The van der Waals surface area contributed by atoms with Gasteiger partial charge >= 0.3 is 6.18 Å². The fraction of sp³-hybridized carbons (Fsp3) is 0.182. The van der Waals surface area contributed by atoms with Gasteiger partial charge in [-0.15, -0.1) is 0 Å². The molecule has 0 unspecified atom stereocenters. The quantitative estimate of drug-likeness (QED) is 0.474. The number of alkyl halides is 3. The number of fused-ring (bicyclic) bond motifs is 1. The average molecular weight is 242 g/mol. The summed E-state index contributed by atoms with van der Waals surface area (Å²) < 4.78 is 37.2. The number of nitrogens with zero attached hydrogens (tertiary/aromatic N) is 1. The van der Waals surface area contributed by atoms with E-state index in [1.165, 1.54) is 6.20 Å². The van der Waals surface area contributed by atoms with Crippen LogP contribution in [0.2, 0.25) is 0 Å². The highest BCUT2D eigenvalue weighted by Crippen LogP contribution is 2.24. The maximum absolute atomic E-state index is 12.4. The number of oxime groups is 1. The molecule has 0 aliphatic carbocycles. The van der Waals surface area contributed by atoms with Crippen LogP contribution in [0, 0.1) is 0 Å². The number of rotatable bonds is 2. The molecule has 0 saturated heterocycles. The number of hydrogen-bond donors (Lipinski definition) is 2. The van der Waals surface area contributed by atoms with Gasteiger partial charge in [0.15, 0.2) is 5.71 Å². The molecule has 2 rings (SSSR count). The van der Waals surface area contributed by atoms with Crippen LogP contribution in [0.25, 0.3) is 10.9 Å². The fourth-order valence-electron chi connectivity index (χ4n) is 1.65. The van der Waals surface area contributed by atoms with Gasteiger partial charge in [0.25, 0.3) is 0 Å². The Morgan fingerprint density at radius 3 is 2.65 bits per heavy atom. The van der Waals surface area contributed by atoms with Crippen LogP contribution in [0.3, 0.4) is 0 Å². The number of halogens is 3. The number of aromatic nitrogens is 1. The molecular formula is C11H9F3N2O. The van der Waals surface area contributed by atoms with Gasteiger partial charge in [-0.05, 0) is 11.6 Å². The molecule has 3 nitrogen and oxygen atoms in total. The summed E-state index contributed by atoms with van der Waals surface area (Å²) in [5, 5.41) is 11.4. The molecule has 2 N–H and O–H groups in total. The lowest BCUT2D eigenvalue weighted by Crippen LogP contribution is -2.25. The number of nitrogens with one attached hydrogen (secondary N) is 1. The summed E-state index contributed by atoms with van der Waals surface area (Å²) in [7, 11) is 0. The summed E-state index contributed by atoms with van der Waals surface area (Å²) in [6.45, 7) is 0. The lowest BCUT2D eigenvalue weighted by molar-refractivity contribution is -0.0622. The van der Waals surface area contributed by atoms with Gasteiger partial charge in [-0.25, -0.2) is 0 Å². The number of H-pyrrole nitrogens is 1. The molecule has 6 heteroatoms. The molecule has 0 bridgehead atoms. The Kier molecular flexibility index (Phi) is 2.79. The van der Waals surface area contributed by atoms with Crippen molar-refractivity contribution in [1.29, 1.82) is 0 Å². The van der Waals surface area contributed by atoms with Crippen LogP contribution in [0.4, 0.5) is 13.2 Å². The van der Waals surface area contributed by atoms with E-state index in [2.05, 4.69) is 10.1 Å². The van der Waals surface area contributed by atoms with Crippen LogP contribution in [0.15, 0.2) is 35.6 Å². The SMILES string of the molecule is O/N=C(\Cc1c[nH]c2ccccc12)C(F)(F)F. The van der Waals surface area contributed by atoms with Crippen molar-refractivity contribution in [2.45, 2.75) is 12.6 Å². The second-order valence-electron chi connectivity index (χ2n) is 3.58. The minimum absolute atomic E-state index is 0.450. The predicted octanol–water partition coefficient (Wildman–Crippen LogP) is 3.10. The molecule has 1 heterocycles. The monoisotopic (exact) mass is 242 g/mol. The van der Waals surface area contributed by atoms with E-state index in [4.69, 9.17) is 5.21 Å². The van der Waals surface area contributed by atoms with Crippen molar-refractivity contribution in [1.82, 2.24) is 4.98 Å². The summed E-state index contributed by atoms with van der Waals surface area (Å²) >= 11 is 0. The molecule has 17 heavy (non-hydrogen) atoms. The Morgan fingerprint density at radius 2 is 2.00 bits per heavy atom. The first-order valence-corrected chi connectivity index (χ1v) is 4.85. The molecular weight excluding hydrogens is 233 g/mol. The van der Waals surface area contributed by atoms with Crippen molar-refractivity contribution >= 4 is 16.6 Å². The first-order chi connectivity index (χ1) is 8.02. The minimum Gasteiger partial charge on any atom is -0.411 e. The Hall–Kier alpha value is -1.98. The third kappa shape index (κ3) is 2.25. The Balaban J connectivity index is 2.36. The van der Waals surface area contributed by atoms with E-state index >= 15 is 0 Å². The zero-order valence-electron chi connectivity index (χ0n) is 8.62. The number of aromatic amines is 1. The van der Waals surface area contributed by atoms with Crippen molar-refractivity contribution in [3.63, 3.8) is 0 Å². The standard InChI is InChI=1S/C11H9F3N2O/c12-11(13,14)10(16-17)5-7-6-15-9-4-2-1-3-8(7)9/h1-4,6,15,17H,5H2/b16-10+. The van der Waals surface area contributed by atoms with Crippen LogP contribution in [-0.2, 0) is 6.42 Å². The van der Waals surface area contributed by atoms with Gasteiger partial charge in [-0.2, -0.15) is 13.2 Å². The highest BCUT2D eigenvalue weighted by Gasteiger charge is 2.36. The van der Waals surface area contributed by atoms with Gasteiger partial charge in [0.1, 0.15) is 0 Å². The summed E-state index contributed by atoms with van der Waals surface area (Å²) in [5.74, 6) is 0. The number of hydrogen-bond acceptors (Lipinski definition) is 2. The second kappa shape index (κ2) is 4.12. The molecule has 0 aliphatic heterocycles. The molecule has 90 valence electrons. The highest BCUT2D eigenvalue weighted by atomic mass is 19.4. The molecule has 0 fully saturated rings. The van der Waals surface area contributed by atoms with Gasteiger partial charge in [-0.3, -0.25) is 0 Å². The average Bonchev–Trinajstić information content (AvgIpc) is 2.67. The van der Waals surface area contributed by atoms with E-state index in [0.717, 1.165) is 5.52 Å².